The van der Waals surface area contributed by atoms with Gasteiger partial charge in [-0.2, -0.15) is 5.10 Å². The van der Waals surface area contributed by atoms with Crippen molar-refractivity contribution in [1.82, 2.24) is 9.45 Å². The molecule has 0 spiro atoms. The van der Waals surface area contributed by atoms with Gasteiger partial charge in [-0.1, -0.05) is 58.0 Å². The highest BCUT2D eigenvalue weighted by molar-refractivity contribution is 9.10. The molecular weight excluding hydrogens is 469 g/mol. The average Bonchev–Trinajstić information content (AvgIpc) is 3.16. The molecule has 2 aliphatic heterocycles. The Hall–Kier alpha value is -1.88. The summed E-state index contributed by atoms with van der Waals surface area (Å²) in [4.78, 5) is 2.35. The minimum absolute atomic E-state index is 0.139. The predicted octanol–water partition coefficient (Wildman–Crippen LogP) is 7.02. The predicted molar refractivity (Wildman–Crippen MR) is 137 cm³/mol. The summed E-state index contributed by atoms with van der Waals surface area (Å²) in [6.45, 7) is 10.9. The molecule has 7 heteroatoms. The molecule has 0 fully saturated rings. The molecule has 0 aromatic heterocycles. The summed E-state index contributed by atoms with van der Waals surface area (Å²) in [6.07, 6.45) is 2.06. The van der Waals surface area contributed by atoms with Gasteiger partial charge < -0.3 is 4.90 Å². The topological polar surface area (TPSA) is 34.4 Å². The second kappa shape index (κ2) is 8.23. The molecule has 2 aromatic rings. The van der Waals surface area contributed by atoms with Crippen LogP contribution < -0.4 is 4.90 Å². The molecule has 0 saturated carbocycles. The summed E-state index contributed by atoms with van der Waals surface area (Å²) in [6, 6.07) is 16.9. The molecule has 164 valence electrons. The van der Waals surface area contributed by atoms with Crippen LogP contribution in [0.25, 0.3) is 0 Å². The van der Waals surface area contributed by atoms with Gasteiger partial charge in [0.25, 0.3) is 0 Å². The van der Waals surface area contributed by atoms with Crippen LogP contribution in [-0.2, 0) is 5.41 Å². The Balaban J connectivity index is 2.08. The van der Waals surface area contributed by atoms with E-state index in [1.54, 1.807) is 0 Å². The van der Waals surface area contributed by atoms with Crippen LogP contribution in [0.5, 0.6) is 0 Å². The fraction of sp³-hybridized carbons (Fsp3) is 0.375. The Morgan fingerprint density at radius 1 is 1.03 bits per heavy atom. The van der Waals surface area contributed by atoms with Crippen molar-refractivity contribution < 1.29 is 0 Å². The van der Waals surface area contributed by atoms with Crippen LogP contribution in [0.2, 0.25) is 0 Å². The largest absolute Gasteiger partial charge is 0.346 e. The number of anilines is 1. The Bertz CT molecular complexity index is 1120. The number of hydrogen-bond donors (Lipinski definition) is 0. The fourth-order valence-corrected chi connectivity index (χ4v) is 9.16. The van der Waals surface area contributed by atoms with Crippen LogP contribution in [0.4, 0.5) is 11.4 Å². The van der Waals surface area contributed by atoms with Crippen molar-refractivity contribution in [3.05, 3.63) is 69.6 Å². The van der Waals surface area contributed by atoms with Gasteiger partial charge in [-0.15, -0.1) is 0 Å². The van der Waals surface area contributed by atoms with E-state index in [1.165, 1.54) is 22.3 Å². The van der Waals surface area contributed by atoms with E-state index in [9.17, 15) is 0 Å². The number of allylic oxidation sites excluding steroid dienone is 2. The number of fused-ring (bicyclic) bond motifs is 1. The standard InChI is InChI=1S/C24H31BrN5P/c1-7-30(8-2)31(27-20-15-11-10-14-19(20)25)22(17-26-29(31)6)23-24(3,4)18-13-9-12-16-21(18)28(23)5/h9-17H,7-8H2,1-6H3/b23-22-/t31-/m1/s1. The lowest BCUT2D eigenvalue weighted by Gasteiger charge is -2.39. The van der Waals surface area contributed by atoms with Gasteiger partial charge in [0.2, 0.25) is 0 Å². The molecule has 31 heavy (non-hydrogen) atoms. The molecule has 2 aliphatic rings. The minimum atomic E-state index is -2.32. The molecule has 0 amide bonds. The first-order valence-electron chi connectivity index (χ1n) is 10.8. The van der Waals surface area contributed by atoms with E-state index < -0.39 is 7.36 Å². The Kier molecular flexibility index (Phi) is 5.93. The fourth-order valence-electron chi connectivity index (χ4n) is 4.92. The lowest BCUT2D eigenvalue weighted by atomic mass is 9.84. The van der Waals surface area contributed by atoms with Crippen molar-refractivity contribution in [2.24, 2.45) is 9.85 Å². The van der Waals surface area contributed by atoms with Gasteiger partial charge in [0.1, 0.15) is 0 Å². The van der Waals surface area contributed by atoms with Crippen LogP contribution >= 0.6 is 23.3 Å². The van der Waals surface area contributed by atoms with Crippen molar-refractivity contribution in [2.45, 2.75) is 33.1 Å². The van der Waals surface area contributed by atoms with E-state index >= 15 is 0 Å². The lowest BCUT2D eigenvalue weighted by molar-refractivity contribution is 0.452. The Morgan fingerprint density at radius 3 is 2.32 bits per heavy atom. The number of rotatable bonds is 4. The van der Waals surface area contributed by atoms with Crippen molar-refractivity contribution in [2.75, 3.05) is 32.1 Å². The molecule has 2 heterocycles. The monoisotopic (exact) mass is 499 g/mol. The van der Waals surface area contributed by atoms with E-state index in [4.69, 9.17) is 9.85 Å². The van der Waals surface area contributed by atoms with Gasteiger partial charge >= 0.3 is 0 Å². The van der Waals surface area contributed by atoms with Crippen LogP contribution in [0.3, 0.4) is 0 Å². The number of nitrogens with zero attached hydrogens (tertiary/aromatic N) is 5. The number of hydrazone groups is 1. The van der Waals surface area contributed by atoms with Crippen molar-refractivity contribution in [3.8, 4) is 0 Å². The van der Waals surface area contributed by atoms with E-state index in [-0.39, 0.29) is 5.41 Å². The van der Waals surface area contributed by atoms with Crippen molar-refractivity contribution in [1.29, 1.82) is 0 Å². The molecular formula is C24H31BrN5P. The first kappa shape index (κ1) is 22.3. The molecule has 4 rings (SSSR count). The molecule has 0 saturated heterocycles. The number of hydrogen-bond acceptors (Lipinski definition) is 3. The second-order valence-electron chi connectivity index (χ2n) is 8.43. The normalized spacial score (nSPS) is 24.3. The Morgan fingerprint density at radius 2 is 1.68 bits per heavy atom. The van der Waals surface area contributed by atoms with Gasteiger partial charge in [-0.25, -0.2) is 14.2 Å². The summed E-state index contributed by atoms with van der Waals surface area (Å²) in [7, 11) is 1.93. The molecule has 0 radical (unpaired) electrons. The van der Waals surface area contributed by atoms with Crippen molar-refractivity contribution >= 4 is 40.9 Å². The number of likely N-dealkylation sites (N-methyl/N-ethyl adjacent to an activating group) is 1. The molecule has 0 N–H and O–H groups in total. The summed E-state index contributed by atoms with van der Waals surface area (Å²) < 4.78 is 11.1. The van der Waals surface area contributed by atoms with Crippen LogP contribution in [0.1, 0.15) is 33.3 Å². The third-order valence-corrected chi connectivity index (χ3v) is 10.8. The molecule has 0 aliphatic carbocycles. The smallest absolute Gasteiger partial charge is 0.174 e. The van der Waals surface area contributed by atoms with Gasteiger partial charge in [-0.3, -0.25) is 0 Å². The highest BCUT2D eigenvalue weighted by Gasteiger charge is 2.47. The van der Waals surface area contributed by atoms with Crippen LogP contribution in [0, 0.1) is 0 Å². The van der Waals surface area contributed by atoms with Crippen molar-refractivity contribution in [3.63, 3.8) is 0 Å². The summed E-state index contributed by atoms with van der Waals surface area (Å²) >= 11 is 3.72. The van der Waals surface area contributed by atoms with Gasteiger partial charge in [-0.05, 0) is 39.7 Å². The summed E-state index contributed by atoms with van der Waals surface area (Å²) in [5, 5.41) is 6.08. The first-order chi connectivity index (χ1) is 14.8. The van der Waals surface area contributed by atoms with Gasteiger partial charge in [0, 0.05) is 48.5 Å². The summed E-state index contributed by atoms with van der Waals surface area (Å²) in [5.74, 6) is 0. The third kappa shape index (κ3) is 3.31. The van der Waals surface area contributed by atoms with E-state index in [2.05, 4.69) is 115 Å². The van der Waals surface area contributed by atoms with Gasteiger partial charge in [0.15, 0.2) is 7.36 Å². The average molecular weight is 500 g/mol. The minimum Gasteiger partial charge on any atom is -0.346 e. The highest BCUT2D eigenvalue weighted by atomic mass is 79.9. The summed E-state index contributed by atoms with van der Waals surface area (Å²) in [5.41, 5.74) is 4.73. The van der Waals surface area contributed by atoms with Crippen LogP contribution in [-0.4, -0.2) is 42.8 Å². The maximum Gasteiger partial charge on any atom is 0.174 e. The number of benzene rings is 2. The highest BCUT2D eigenvalue weighted by Crippen LogP contribution is 2.69. The quantitative estimate of drug-likeness (QED) is 0.423. The first-order valence-corrected chi connectivity index (χ1v) is 13.2. The van der Waals surface area contributed by atoms with E-state index in [1.807, 2.05) is 12.1 Å². The second-order valence-corrected chi connectivity index (χ2v) is 12.2. The zero-order valence-corrected chi connectivity index (χ0v) is 21.7. The van der Waals surface area contributed by atoms with E-state index in [0.717, 1.165) is 23.2 Å². The maximum absolute atomic E-state index is 5.51. The van der Waals surface area contributed by atoms with E-state index in [0.29, 0.717) is 0 Å². The molecule has 2 aromatic carbocycles. The number of halogens is 1. The Labute approximate surface area is 194 Å². The van der Waals surface area contributed by atoms with Gasteiger partial charge in [0.05, 0.1) is 17.2 Å². The zero-order chi connectivity index (χ0) is 22.4. The molecule has 0 unspecified atom stereocenters. The molecule has 1 atom stereocenters. The lowest BCUT2D eigenvalue weighted by Crippen LogP contribution is -2.30. The third-order valence-electron chi connectivity index (χ3n) is 6.41. The SMILES string of the molecule is CCN(CC)[P@@]1(=Nc2ccccc2Br)/C(=C2\N(C)c3ccccc3C2(C)C)C=NN1C. The van der Waals surface area contributed by atoms with Crippen LogP contribution in [0.15, 0.2) is 73.9 Å². The number of para-hydroxylation sites is 1. The molecule has 0 bridgehead atoms. The zero-order valence-electron chi connectivity index (χ0n) is 19.2. The maximum atomic E-state index is 5.51. The molecule has 5 nitrogen and oxygen atoms in total.